The predicted molar refractivity (Wildman–Crippen MR) is 59.7 cm³/mol. The Kier molecular flexibility index (Phi) is 3.47. The second-order valence-electron chi connectivity index (χ2n) is 3.96. The fraction of sp³-hybridized carbons (Fsp3) is 0.600. The van der Waals surface area contributed by atoms with Crippen LogP contribution in [0.3, 0.4) is 0 Å². The van der Waals surface area contributed by atoms with Crippen LogP contribution in [0, 0.1) is 12.8 Å². The van der Waals surface area contributed by atoms with E-state index in [0.29, 0.717) is 11.4 Å². The third-order valence-corrected chi connectivity index (χ3v) is 2.41. The van der Waals surface area contributed by atoms with E-state index in [4.69, 9.17) is 5.73 Å². The van der Waals surface area contributed by atoms with Crippen LogP contribution in [-0.2, 0) is 0 Å². The third kappa shape index (κ3) is 2.36. The maximum absolute atomic E-state index is 12.0. The predicted octanol–water partition coefficient (Wildman–Crippen LogP) is 0.658. The van der Waals surface area contributed by atoms with Crippen LogP contribution in [0.5, 0.6) is 0 Å². The van der Waals surface area contributed by atoms with Gasteiger partial charge in [0.25, 0.3) is 5.91 Å². The molecule has 1 aromatic rings. The van der Waals surface area contributed by atoms with Gasteiger partial charge in [-0.25, -0.2) is 4.68 Å². The number of nitrogens with two attached hydrogens (primary N) is 1. The molecule has 0 fully saturated rings. The summed E-state index contributed by atoms with van der Waals surface area (Å²) in [5.41, 5.74) is 6.87. The van der Waals surface area contributed by atoms with Crippen LogP contribution < -0.4 is 11.1 Å². The number of hydrogen-bond acceptors (Lipinski definition) is 4. The molecule has 3 N–H and O–H groups in total. The number of nitrogen functional groups attached to an aromatic ring is 1. The molecule has 0 aliphatic heterocycles. The number of rotatable bonds is 3. The number of carbonyl (C=O) groups is 1. The number of aromatic nitrogens is 2. The molecule has 0 amide bonds. The fourth-order valence-corrected chi connectivity index (χ4v) is 1.47. The van der Waals surface area contributed by atoms with E-state index >= 15 is 0 Å². The smallest absolute Gasteiger partial charge is 0.264 e. The minimum Gasteiger partial charge on any atom is -0.396 e. The molecule has 0 bridgehead atoms. The van der Waals surface area contributed by atoms with E-state index in [1.807, 2.05) is 13.8 Å². The lowest BCUT2D eigenvalue weighted by atomic mass is 10.0. The molecule has 0 aliphatic rings. The van der Waals surface area contributed by atoms with Crippen LogP contribution >= 0.6 is 0 Å². The summed E-state index contributed by atoms with van der Waals surface area (Å²) in [6.45, 7) is 5.75. The third-order valence-electron chi connectivity index (χ3n) is 2.41. The van der Waals surface area contributed by atoms with Crippen molar-refractivity contribution in [3.8, 4) is 0 Å². The molecule has 5 nitrogen and oxygen atoms in total. The molecular weight excluding hydrogens is 192 g/mol. The first-order chi connectivity index (χ1) is 6.97. The summed E-state index contributed by atoms with van der Waals surface area (Å²) >= 11 is 0. The van der Waals surface area contributed by atoms with Crippen molar-refractivity contribution in [3.63, 3.8) is 0 Å². The van der Waals surface area contributed by atoms with Gasteiger partial charge in [-0.2, -0.15) is 5.10 Å². The molecule has 0 aliphatic carbocycles. The summed E-state index contributed by atoms with van der Waals surface area (Å²) in [6, 6.07) is -0.233. The van der Waals surface area contributed by atoms with E-state index in [9.17, 15) is 4.79 Å². The van der Waals surface area contributed by atoms with Gasteiger partial charge in [0.1, 0.15) is 0 Å². The van der Waals surface area contributed by atoms with E-state index in [2.05, 4.69) is 10.4 Å². The average Bonchev–Trinajstić information content (AvgIpc) is 2.47. The van der Waals surface area contributed by atoms with Crippen molar-refractivity contribution in [2.24, 2.45) is 5.92 Å². The monoisotopic (exact) mass is 210 g/mol. The standard InChI is InChI=1S/C10H18N4O/c1-6(2)9(12-4)10(15)14-5-8(11)7(3)13-14/h5-6,9,12H,11H2,1-4H3. The highest BCUT2D eigenvalue weighted by molar-refractivity contribution is 5.84. The van der Waals surface area contributed by atoms with Crippen LogP contribution in [0.1, 0.15) is 24.3 Å². The van der Waals surface area contributed by atoms with Crippen LogP contribution in [-0.4, -0.2) is 28.8 Å². The number of anilines is 1. The molecule has 0 saturated carbocycles. The molecule has 0 radical (unpaired) electrons. The quantitative estimate of drug-likeness (QED) is 0.768. The average molecular weight is 210 g/mol. The first kappa shape index (κ1) is 11.7. The van der Waals surface area contributed by atoms with E-state index < -0.39 is 0 Å². The van der Waals surface area contributed by atoms with Gasteiger partial charge in [0.2, 0.25) is 0 Å². The second-order valence-corrected chi connectivity index (χ2v) is 3.96. The van der Waals surface area contributed by atoms with Gasteiger partial charge >= 0.3 is 0 Å². The lowest BCUT2D eigenvalue weighted by molar-refractivity contribution is 0.0820. The van der Waals surface area contributed by atoms with Gasteiger partial charge in [0.05, 0.1) is 23.6 Å². The van der Waals surface area contributed by atoms with Crippen molar-refractivity contribution >= 4 is 11.6 Å². The Bertz CT molecular complexity index is 337. The maximum Gasteiger partial charge on any atom is 0.264 e. The van der Waals surface area contributed by atoms with Crippen LogP contribution in [0.4, 0.5) is 5.69 Å². The summed E-state index contributed by atoms with van der Waals surface area (Å²) in [7, 11) is 1.77. The summed E-state index contributed by atoms with van der Waals surface area (Å²) in [5.74, 6) is 0.139. The van der Waals surface area contributed by atoms with E-state index in [1.54, 1.807) is 20.2 Å². The van der Waals surface area contributed by atoms with E-state index in [0.717, 1.165) is 0 Å². The largest absolute Gasteiger partial charge is 0.396 e. The molecule has 1 atom stereocenters. The van der Waals surface area contributed by atoms with Crippen LogP contribution in [0.25, 0.3) is 0 Å². The first-order valence-electron chi connectivity index (χ1n) is 5.00. The Morgan fingerprint density at radius 1 is 1.60 bits per heavy atom. The van der Waals surface area contributed by atoms with Gasteiger partial charge in [-0.05, 0) is 19.9 Å². The first-order valence-corrected chi connectivity index (χ1v) is 5.00. The summed E-state index contributed by atoms with van der Waals surface area (Å²) in [6.07, 6.45) is 1.56. The Labute approximate surface area is 89.6 Å². The minimum absolute atomic E-state index is 0.0766. The van der Waals surface area contributed by atoms with Crippen molar-refractivity contribution in [3.05, 3.63) is 11.9 Å². The molecule has 1 heterocycles. The molecule has 15 heavy (non-hydrogen) atoms. The molecule has 1 rings (SSSR count). The Morgan fingerprint density at radius 2 is 2.20 bits per heavy atom. The Morgan fingerprint density at radius 3 is 2.53 bits per heavy atom. The van der Waals surface area contributed by atoms with Crippen molar-refractivity contribution in [2.75, 3.05) is 12.8 Å². The van der Waals surface area contributed by atoms with E-state index in [-0.39, 0.29) is 17.9 Å². The zero-order chi connectivity index (χ0) is 11.6. The van der Waals surface area contributed by atoms with Crippen LogP contribution in [0.2, 0.25) is 0 Å². The van der Waals surface area contributed by atoms with Gasteiger partial charge in [0, 0.05) is 0 Å². The second kappa shape index (κ2) is 4.44. The fourth-order valence-electron chi connectivity index (χ4n) is 1.47. The van der Waals surface area contributed by atoms with Gasteiger partial charge in [-0.3, -0.25) is 4.79 Å². The summed E-state index contributed by atoms with van der Waals surface area (Å²) < 4.78 is 1.31. The highest BCUT2D eigenvalue weighted by Gasteiger charge is 2.22. The topological polar surface area (TPSA) is 72.9 Å². The molecule has 0 spiro atoms. The molecule has 0 saturated heterocycles. The SMILES string of the molecule is CNC(C(=O)n1cc(N)c(C)n1)C(C)C. The zero-order valence-electron chi connectivity index (χ0n) is 9.61. The van der Waals surface area contributed by atoms with Crippen molar-refractivity contribution in [1.82, 2.24) is 15.1 Å². The molecule has 84 valence electrons. The van der Waals surface area contributed by atoms with Gasteiger partial charge < -0.3 is 11.1 Å². The van der Waals surface area contributed by atoms with E-state index in [1.165, 1.54) is 4.68 Å². The minimum atomic E-state index is -0.233. The van der Waals surface area contributed by atoms with Crippen molar-refractivity contribution in [2.45, 2.75) is 26.8 Å². The maximum atomic E-state index is 12.0. The normalized spacial score (nSPS) is 13.1. The van der Waals surface area contributed by atoms with Crippen molar-refractivity contribution in [1.29, 1.82) is 0 Å². The number of nitrogens with zero attached hydrogens (tertiary/aromatic N) is 2. The van der Waals surface area contributed by atoms with Gasteiger partial charge in [-0.15, -0.1) is 0 Å². The number of nitrogens with one attached hydrogen (secondary N) is 1. The Hall–Kier alpha value is -1.36. The number of hydrogen-bond donors (Lipinski definition) is 2. The highest BCUT2D eigenvalue weighted by Crippen LogP contribution is 2.10. The summed E-state index contributed by atoms with van der Waals surface area (Å²) in [4.78, 5) is 12.0. The van der Waals surface area contributed by atoms with Gasteiger partial charge in [-0.1, -0.05) is 13.8 Å². The van der Waals surface area contributed by atoms with Gasteiger partial charge in [0.15, 0.2) is 0 Å². The lowest BCUT2D eigenvalue weighted by Gasteiger charge is -2.17. The molecular formula is C10H18N4O. The summed E-state index contributed by atoms with van der Waals surface area (Å²) in [5, 5.41) is 7.04. The highest BCUT2D eigenvalue weighted by atomic mass is 16.2. The van der Waals surface area contributed by atoms with Crippen molar-refractivity contribution < 1.29 is 4.79 Å². The number of likely N-dealkylation sites (N-methyl/N-ethyl adjacent to an activating group) is 1. The number of carbonyl (C=O) groups excluding carboxylic acids is 1. The lowest BCUT2D eigenvalue weighted by Crippen LogP contribution is -2.41. The molecule has 0 aromatic carbocycles. The number of aryl methyl sites for hydroxylation is 1. The molecule has 1 aromatic heterocycles. The molecule has 5 heteroatoms. The van der Waals surface area contributed by atoms with Crippen LogP contribution in [0.15, 0.2) is 6.20 Å². The molecule has 1 unspecified atom stereocenters. The Balaban J connectivity index is 2.93. The zero-order valence-corrected chi connectivity index (χ0v) is 9.61.